The molecule has 2 aromatic rings. The number of benzene rings is 1. The van der Waals surface area contributed by atoms with Gasteiger partial charge >= 0.3 is 5.97 Å². The summed E-state index contributed by atoms with van der Waals surface area (Å²) >= 11 is 5.72. The number of pyridine rings is 1. The van der Waals surface area contributed by atoms with Crippen LogP contribution in [0.3, 0.4) is 0 Å². The van der Waals surface area contributed by atoms with Crippen LogP contribution in [-0.4, -0.2) is 23.3 Å². The first-order chi connectivity index (χ1) is 11.4. The number of nitrogens with one attached hydrogen (secondary N) is 1. The van der Waals surface area contributed by atoms with Gasteiger partial charge in [-0.2, -0.15) is 0 Å². The molecular formula is C17H16ClFN2O3. The maximum atomic E-state index is 13.7. The molecule has 5 nitrogen and oxygen atoms in total. The molecule has 7 heteroatoms. The highest BCUT2D eigenvalue weighted by Gasteiger charge is 2.20. The average Bonchev–Trinajstić information content (AvgIpc) is 2.53. The maximum Gasteiger partial charge on any atom is 0.313 e. The van der Waals surface area contributed by atoms with Crippen LogP contribution < -0.4 is 5.32 Å². The SMILES string of the molecule is CCOC(=O)CC(=O)c1cc(F)c(Cl)nc1Nc1ccccc1C. The van der Waals surface area contributed by atoms with Crippen LogP contribution in [0.25, 0.3) is 0 Å². The number of aromatic nitrogens is 1. The topological polar surface area (TPSA) is 68.3 Å². The van der Waals surface area contributed by atoms with Gasteiger partial charge in [0.05, 0.1) is 12.2 Å². The highest BCUT2D eigenvalue weighted by atomic mass is 35.5. The molecule has 2 rings (SSSR count). The Bertz CT molecular complexity index is 780. The fourth-order valence-electron chi connectivity index (χ4n) is 2.05. The van der Waals surface area contributed by atoms with Crippen molar-refractivity contribution in [2.24, 2.45) is 0 Å². The molecule has 0 spiro atoms. The molecule has 0 aliphatic carbocycles. The zero-order chi connectivity index (χ0) is 17.7. The Labute approximate surface area is 143 Å². The minimum absolute atomic E-state index is 0.0618. The lowest BCUT2D eigenvalue weighted by atomic mass is 10.1. The number of aryl methyl sites for hydroxylation is 1. The van der Waals surface area contributed by atoms with Crippen molar-refractivity contribution in [2.45, 2.75) is 20.3 Å². The number of anilines is 2. The number of halogens is 2. The van der Waals surface area contributed by atoms with Gasteiger partial charge in [0.1, 0.15) is 12.2 Å². The van der Waals surface area contributed by atoms with E-state index in [-0.39, 0.29) is 23.1 Å². The van der Waals surface area contributed by atoms with Gasteiger partial charge < -0.3 is 10.1 Å². The molecule has 0 amide bonds. The zero-order valence-corrected chi connectivity index (χ0v) is 14.0. The first-order valence-corrected chi connectivity index (χ1v) is 7.67. The molecule has 0 aliphatic heterocycles. The van der Waals surface area contributed by atoms with Crippen LogP contribution in [0.15, 0.2) is 30.3 Å². The Hall–Kier alpha value is -2.47. The van der Waals surface area contributed by atoms with Crippen molar-refractivity contribution in [2.75, 3.05) is 11.9 Å². The quantitative estimate of drug-likeness (QED) is 0.368. The number of esters is 1. The third-order valence-electron chi connectivity index (χ3n) is 3.24. The number of ether oxygens (including phenoxy) is 1. The van der Waals surface area contributed by atoms with Crippen LogP contribution in [-0.2, 0) is 9.53 Å². The van der Waals surface area contributed by atoms with Crippen molar-refractivity contribution in [3.63, 3.8) is 0 Å². The number of ketones is 1. The number of carbonyl (C=O) groups excluding carboxylic acids is 2. The molecule has 0 saturated carbocycles. The Balaban J connectivity index is 2.36. The predicted molar refractivity (Wildman–Crippen MR) is 89.2 cm³/mol. The zero-order valence-electron chi connectivity index (χ0n) is 13.2. The van der Waals surface area contributed by atoms with Gasteiger partial charge in [-0.25, -0.2) is 9.37 Å². The predicted octanol–water partition coefficient (Wildman–Crippen LogP) is 4.06. The first-order valence-electron chi connectivity index (χ1n) is 7.30. The van der Waals surface area contributed by atoms with Crippen LogP contribution in [0.1, 0.15) is 29.3 Å². The summed E-state index contributed by atoms with van der Waals surface area (Å²) in [5, 5.41) is 2.60. The number of nitrogens with zero attached hydrogens (tertiary/aromatic N) is 1. The summed E-state index contributed by atoms with van der Waals surface area (Å²) in [5.41, 5.74) is 1.54. The van der Waals surface area contributed by atoms with Crippen molar-refractivity contribution in [3.8, 4) is 0 Å². The lowest BCUT2D eigenvalue weighted by Gasteiger charge is -2.13. The fraction of sp³-hybridized carbons (Fsp3) is 0.235. The van der Waals surface area contributed by atoms with Gasteiger partial charge in [0.15, 0.2) is 16.8 Å². The Morgan fingerprint density at radius 3 is 2.71 bits per heavy atom. The molecule has 0 radical (unpaired) electrons. The molecule has 0 saturated heterocycles. The van der Waals surface area contributed by atoms with Crippen LogP contribution in [0.2, 0.25) is 5.15 Å². The van der Waals surface area contributed by atoms with Crippen LogP contribution in [0, 0.1) is 12.7 Å². The van der Waals surface area contributed by atoms with Crippen molar-refractivity contribution in [1.29, 1.82) is 0 Å². The lowest BCUT2D eigenvalue weighted by Crippen LogP contribution is -2.14. The van der Waals surface area contributed by atoms with Crippen LogP contribution in [0.4, 0.5) is 15.9 Å². The molecule has 1 aromatic heterocycles. The number of carbonyl (C=O) groups is 2. The molecule has 0 fully saturated rings. The summed E-state index contributed by atoms with van der Waals surface area (Å²) in [6.45, 7) is 3.66. The van der Waals surface area contributed by atoms with E-state index in [0.29, 0.717) is 5.69 Å². The minimum Gasteiger partial charge on any atom is -0.466 e. The van der Waals surface area contributed by atoms with Gasteiger partial charge in [0, 0.05) is 5.69 Å². The van der Waals surface area contributed by atoms with Crippen LogP contribution in [0.5, 0.6) is 0 Å². The highest BCUT2D eigenvalue weighted by molar-refractivity contribution is 6.29. The van der Waals surface area contributed by atoms with E-state index in [2.05, 4.69) is 10.3 Å². The van der Waals surface area contributed by atoms with E-state index < -0.39 is 24.0 Å². The average molecular weight is 351 g/mol. The van der Waals surface area contributed by atoms with E-state index in [4.69, 9.17) is 16.3 Å². The maximum absolute atomic E-state index is 13.7. The van der Waals surface area contributed by atoms with E-state index in [1.807, 2.05) is 19.1 Å². The molecule has 1 N–H and O–H groups in total. The molecule has 0 aliphatic rings. The monoisotopic (exact) mass is 350 g/mol. The number of hydrogen-bond donors (Lipinski definition) is 1. The van der Waals surface area contributed by atoms with Crippen LogP contribution >= 0.6 is 11.6 Å². The normalized spacial score (nSPS) is 10.3. The summed E-state index contributed by atoms with van der Waals surface area (Å²) in [4.78, 5) is 27.7. The molecular weight excluding hydrogens is 335 g/mol. The number of Topliss-reactive ketones (excluding diaryl/α,β-unsaturated/α-hetero) is 1. The van der Waals surface area contributed by atoms with E-state index >= 15 is 0 Å². The van der Waals surface area contributed by atoms with E-state index in [1.165, 1.54) is 0 Å². The molecule has 1 aromatic carbocycles. The Morgan fingerprint density at radius 1 is 1.33 bits per heavy atom. The highest BCUT2D eigenvalue weighted by Crippen LogP contribution is 2.26. The van der Waals surface area contributed by atoms with Gasteiger partial charge in [-0.15, -0.1) is 0 Å². The van der Waals surface area contributed by atoms with E-state index in [0.717, 1.165) is 11.6 Å². The van der Waals surface area contributed by atoms with Crippen molar-refractivity contribution >= 4 is 34.9 Å². The van der Waals surface area contributed by atoms with E-state index in [1.54, 1.807) is 19.1 Å². The minimum atomic E-state index is -0.834. The largest absolute Gasteiger partial charge is 0.466 e. The molecule has 126 valence electrons. The van der Waals surface area contributed by atoms with Crippen molar-refractivity contribution in [1.82, 2.24) is 4.98 Å². The number of hydrogen-bond acceptors (Lipinski definition) is 5. The van der Waals surface area contributed by atoms with Gasteiger partial charge in [-0.3, -0.25) is 9.59 Å². The third-order valence-corrected chi connectivity index (χ3v) is 3.51. The first kappa shape index (κ1) is 17.9. The smallest absolute Gasteiger partial charge is 0.313 e. The molecule has 0 unspecified atom stereocenters. The second-order valence-electron chi connectivity index (χ2n) is 5.00. The Kier molecular flexibility index (Phi) is 5.87. The van der Waals surface area contributed by atoms with Crippen molar-refractivity contribution < 1.29 is 18.7 Å². The summed E-state index contributed by atoms with van der Waals surface area (Å²) < 4.78 is 18.5. The lowest BCUT2D eigenvalue weighted by molar-refractivity contribution is -0.141. The second-order valence-corrected chi connectivity index (χ2v) is 5.36. The third kappa shape index (κ3) is 4.29. The summed E-state index contributed by atoms with van der Waals surface area (Å²) in [6, 6.07) is 8.29. The summed E-state index contributed by atoms with van der Waals surface area (Å²) in [6.07, 6.45) is -0.501. The fourth-order valence-corrected chi connectivity index (χ4v) is 2.19. The molecule has 1 heterocycles. The number of rotatable bonds is 6. The van der Waals surface area contributed by atoms with E-state index in [9.17, 15) is 14.0 Å². The number of para-hydroxylation sites is 1. The van der Waals surface area contributed by atoms with Gasteiger partial charge in [0.2, 0.25) is 0 Å². The second kappa shape index (κ2) is 7.88. The Morgan fingerprint density at radius 2 is 2.04 bits per heavy atom. The summed E-state index contributed by atoms with van der Waals surface area (Å²) in [7, 11) is 0. The van der Waals surface area contributed by atoms with Crippen molar-refractivity contribution in [3.05, 3.63) is 52.4 Å². The summed E-state index contributed by atoms with van der Waals surface area (Å²) in [5.74, 6) is -2.03. The van der Waals surface area contributed by atoms with Gasteiger partial charge in [0.25, 0.3) is 0 Å². The molecule has 24 heavy (non-hydrogen) atoms. The molecule has 0 atom stereocenters. The van der Waals surface area contributed by atoms with Gasteiger partial charge in [-0.1, -0.05) is 29.8 Å². The molecule has 0 bridgehead atoms. The standard InChI is InChI=1S/C17H16ClFN2O3/c1-3-24-15(23)9-14(22)11-8-12(19)16(18)21-17(11)20-13-7-5-4-6-10(13)2/h4-8H,3,9H2,1-2H3,(H,20,21). The van der Waals surface area contributed by atoms with Gasteiger partial charge in [-0.05, 0) is 31.5 Å².